The van der Waals surface area contributed by atoms with Gasteiger partial charge < -0.3 is 5.32 Å². The molecular weight excluding hydrogens is 256 g/mol. The lowest BCUT2D eigenvalue weighted by atomic mass is 9.98. The number of nitrogens with zero attached hydrogens (tertiary/aromatic N) is 3. The number of nitrogens with one attached hydrogen (secondary N) is 1. The quantitative estimate of drug-likeness (QED) is 0.826. The second-order valence-corrected chi connectivity index (χ2v) is 5.21. The fourth-order valence-corrected chi connectivity index (χ4v) is 2.15. The molecule has 20 heavy (non-hydrogen) atoms. The second kappa shape index (κ2) is 6.45. The molecule has 0 spiro atoms. The van der Waals surface area contributed by atoms with Gasteiger partial charge in [-0.1, -0.05) is 13.8 Å². The van der Waals surface area contributed by atoms with E-state index in [2.05, 4.69) is 22.2 Å². The Morgan fingerprint density at radius 3 is 2.50 bits per heavy atom. The van der Waals surface area contributed by atoms with Gasteiger partial charge in [0.15, 0.2) is 0 Å². The first-order valence-electron chi connectivity index (χ1n) is 6.98. The summed E-state index contributed by atoms with van der Waals surface area (Å²) in [5.41, 5.74) is 0.628. The number of hydrogen-bond acceptors (Lipinski definition) is 5. The lowest BCUT2D eigenvalue weighted by Crippen LogP contribution is -2.42. The SMILES string of the molecule is CCCNc1cnc(CN2C(=O)CC(C)CC2=O)cn1. The molecule has 108 valence electrons. The maximum Gasteiger partial charge on any atom is 0.229 e. The molecule has 0 aliphatic carbocycles. The molecule has 2 heterocycles. The van der Waals surface area contributed by atoms with Crippen LogP contribution in [0.2, 0.25) is 0 Å². The minimum atomic E-state index is -0.122. The second-order valence-electron chi connectivity index (χ2n) is 5.21. The third-order valence-electron chi connectivity index (χ3n) is 3.23. The summed E-state index contributed by atoms with van der Waals surface area (Å²) in [6.45, 7) is 5.05. The summed E-state index contributed by atoms with van der Waals surface area (Å²) >= 11 is 0. The largest absolute Gasteiger partial charge is 0.369 e. The monoisotopic (exact) mass is 276 g/mol. The number of piperidine rings is 1. The third-order valence-corrected chi connectivity index (χ3v) is 3.23. The standard InChI is InChI=1S/C14H20N4O2/c1-3-4-15-12-8-16-11(7-17-12)9-18-13(19)5-10(2)6-14(18)20/h7-8,10H,3-6,9H2,1-2H3,(H,15,17). The van der Waals surface area contributed by atoms with Gasteiger partial charge in [-0.05, 0) is 12.3 Å². The number of likely N-dealkylation sites (tertiary alicyclic amines) is 1. The number of anilines is 1. The number of rotatable bonds is 5. The van der Waals surface area contributed by atoms with Crippen molar-refractivity contribution in [3.05, 3.63) is 18.1 Å². The van der Waals surface area contributed by atoms with Gasteiger partial charge in [-0.15, -0.1) is 0 Å². The van der Waals surface area contributed by atoms with Crippen LogP contribution >= 0.6 is 0 Å². The number of carbonyl (C=O) groups is 2. The molecule has 0 saturated carbocycles. The molecule has 1 fully saturated rings. The van der Waals surface area contributed by atoms with Crippen molar-refractivity contribution >= 4 is 17.6 Å². The van der Waals surface area contributed by atoms with Crippen LogP contribution in [0.25, 0.3) is 0 Å². The zero-order valence-corrected chi connectivity index (χ0v) is 11.9. The van der Waals surface area contributed by atoms with Crippen LogP contribution in [-0.4, -0.2) is 33.2 Å². The van der Waals surface area contributed by atoms with Gasteiger partial charge in [0.05, 0.1) is 24.6 Å². The molecule has 1 aliphatic rings. The van der Waals surface area contributed by atoms with Crippen LogP contribution in [-0.2, 0) is 16.1 Å². The summed E-state index contributed by atoms with van der Waals surface area (Å²) in [7, 11) is 0. The lowest BCUT2D eigenvalue weighted by Gasteiger charge is -2.27. The molecule has 0 atom stereocenters. The first-order chi connectivity index (χ1) is 9.60. The van der Waals surface area contributed by atoms with E-state index in [-0.39, 0.29) is 24.3 Å². The van der Waals surface area contributed by atoms with Crippen molar-refractivity contribution in [3.8, 4) is 0 Å². The molecule has 1 N–H and O–H groups in total. The summed E-state index contributed by atoms with van der Waals surface area (Å²) < 4.78 is 0. The molecule has 1 aliphatic heterocycles. The Kier molecular flexibility index (Phi) is 4.65. The zero-order chi connectivity index (χ0) is 14.5. The van der Waals surface area contributed by atoms with Gasteiger partial charge in [-0.25, -0.2) is 4.98 Å². The Labute approximate surface area is 118 Å². The maximum atomic E-state index is 11.9. The number of amides is 2. The molecule has 1 aromatic rings. The summed E-state index contributed by atoms with van der Waals surface area (Å²) in [4.78, 5) is 33.5. The minimum absolute atomic E-state index is 0.122. The van der Waals surface area contributed by atoms with Gasteiger partial charge in [-0.3, -0.25) is 19.5 Å². The van der Waals surface area contributed by atoms with Crippen LogP contribution < -0.4 is 5.32 Å². The number of carbonyl (C=O) groups excluding carboxylic acids is 2. The molecule has 6 heteroatoms. The fourth-order valence-electron chi connectivity index (χ4n) is 2.15. The lowest BCUT2D eigenvalue weighted by molar-refractivity contribution is -0.150. The van der Waals surface area contributed by atoms with Crippen molar-refractivity contribution in [2.45, 2.75) is 39.7 Å². The van der Waals surface area contributed by atoms with Crippen molar-refractivity contribution in [1.82, 2.24) is 14.9 Å². The summed E-state index contributed by atoms with van der Waals surface area (Å²) in [6.07, 6.45) is 5.10. The van der Waals surface area contributed by atoms with E-state index < -0.39 is 0 Å². The predicted octanol–water partition coefficient (Wildman–Crippen LogP) is 1.58. The number of hydrogen-bond donors (Lipinski definition) is 1. The topological polar surface area (TPSA) is 75.2 Å². The first-order valence-corrected chi connectivity index (χ1v) is 6.98. The van der Waals surface area contributed by atoms with Crippen LogP contribution in [0.3, 0.4) is 0 Å². The highest BCUT2D eigenvalue weighted by atomic mass is 16.2. The Morgan fingerprint density at radius 2 is 1.95 bits per heavy atom. The molecule has 1 aromatic heterocycles. The van der Waals surface area contributed by atoms with Crippen LogP contribution in [0.1, 0.15) is 38.8 Å². The molecule has 0 radical (unpaired) electrons. The van der Waals surface area contributed by atoms with E-state index in [1.165, 1.54) is 4.90 Å². The Hall–Kier alpha value is -1.98. The van der Waals surface area contributed by atoms with E-state index in [4.69, 9.17) is 0 Å². The van der Waals surface area contributed by atoms with E-state index in [9.17, 15) is 9.59 Å². The highest BCUT2D eigenvalue weighted by Crippen LogP contribution is 2.20. The third kappa shape index (κ3) is 3.53. The van der Waals surface area contributed by atoms with E-state index in [1.807, 2.05) is 6.92 Å². The van der Waals surface area contributed by atoms with Crippen molar-refractivity contribution in [2.24, 2.45) is 5.92 Å². The van der Waals surface area contributed by atoms with Crippen LogP contribution in [0, 0.1) is 5.92 Å². The van der Waals surface area contributed by atoms with Gasteiger partial charge >= 0.3 is 0 Å². The maximum absolute atomic E-state index is 11.9. The van der Waals surface area contributed by atoms with Gasteiger partial charge in [-0.2, -0.15) is 0 Å². The van der Waals surface area contributed by atoms with Gasteiger partial charge in [0.25, 0.3) is 0 Å². The van der Waals surface area contributed by atoms with Crippen LogP contribution in [0.4, 0.5) is 5.82 Å². The predicted molar refractivity (Wildman–Crippen MR) is 74.8 cm³/mol. The highest BCUT2D eigenvalue weighted by Gasteiger charge is 2.30. The average Bonchev–Trinajstić information content (AvgIpc) is 2.42. The molecule has 0 aromatic carbocycles. The van der Waals surface area contributed by atoms with Crippen molar-refractivity contribution in [1.29, 1.82) is 0 Å². The van der Waals surface area contributed by atoms with E-state index in [0.29, 0.717) is 24.4 Å². The fraction of sp³-hybridized carbons (Fsp3) is 0.571. The normalized spacial score (nSPS) is 16.6. The van der Waals surface area contributed by atoms with Crippen LogP contribution in [0.15, 0.2) is 12.4 Å². The summed E-state index contributed by atoms with van der Waals surface area (Å²) in [6, 6.07) is 0. The minimum Gasteiger partial charge on any atom is -0.369 e. The van der Waals surface area contributed by atoms with Gasteiger partial charge in [0.2, 0.25) is 11.8 Å². The average molecular weight is 276 g/mol. The molecule has 2 amide bonds. The van der Waals surface area contributed by atoms with Crippen LogP contribution in [0.5, 0.6) is 0 Å². The number of imide groups is 1. The molecule has 2 rings (SSSR count). The Morgan fingerprint density at radius 1 is 1.25 bits per heavy atom. The summed E-state index contributed by atoms with van der Waals surface area (Å²) in [5.74, 6) is 0.603. The Balaban J connectivity index is 1.99. The number of aromatic nitrogens is 2. The van der Waals surface area contributed by atoms with E-state index >= 15 is 0 Å². The highest BCUT2D eigenvalue weighted by molar-refractivity contribution is 5.97. The summed E-state index contributed by atoms with van der Waals surface area (Å²) in [5, 5.41) is 3.13. The van der Waals surface area contributed by atoms with Gasteiger partial charge in [0.1, 0.15) is 5.82 Å². The molecule has 6 nitrogen and oxygen atoms in total. The molecule has 0 unspecified atom stereocenters. The molecule has 1 saturated heterocycles. The van der Waals surface area contributed by atoms with E-state index in [0.717, 1.165) is 13.0 Å². The zero-order valence-electron chi connectivity index (χ0n) is 11.9. The van der Waals surface area contributed by atoms with Crippen molar-refractivity contribution < 1.29 is 9.59 Å². The molecule has 0 bridgehead atoms. The van der Waals surface area contributed by atoms with E-state index in [1.54, 1.807) is 12.4 Å². The van der Waals surface area contributed by atoms with Crippen molar-refractivity contribution in [2.75, 3.05) is 11.9 Å². The Bertz CT molecular complexity index is 468. The molecular formula is C14H20N4O2. The first kappa shape index (κ1) is 14.4. The smallest absolute Gasteiger partial charge is 0.229 e. The van der Waals surface area contributed by atoms with Gasteiger partial charge in [0, 0.05) is 19.4 Å². The van der Waals surface area contributed by atoms with Crippen molar-refractivity contribution in [3.63, 3.8) is 0 Å².